The summed E-state index contributed by atoms with van der Waals surface area (Å²) in [6.07, 6.45) is -2.16. The summed E-state index contributed by atoms with van der Waals surface area (Å²) in [5, 5.41) is 6.01. The summed E-state index contributed by atoms with van der Waals surface area (Å²) in [7, 11) is 0. The summed E-state index contributed by atoms with van der Waals surface area (Å²) in [6.45, 7) is 0. The Balaban J connectivity index is 1.77. The molecule has 1 heterocycles. The van der Waals surface area contributed by atoms with Crippen LogP contribution in [0.2, 0.25) is 10.0 Å². The first-order valence-electron chi connectivity index (χ1n) is 8.87. The van der Waals surface area contributed by atoms with Crippen LogP contribution in [0, 0.1) is 0 Å². The van der Waals surface area contributed by atoms with Gasteiger partial charge in [0.1, 0.15) is 5.69 Å². The normalized spacial score (nSPS) is 11.4. The fourth-order valence-electron chi connectivity index (χ4n) is 2.56. The Hall–Kier alpha value is -3.43. The molecule has 0 fully saturated rings. The maximum absolute atomic E-state index is 13.0. The number of nitrogens with one attached hydrogen (secondary N) is 2. The monoisotopic (exact) mass is 480 g/mol. The second-order valence-electron chi connectivity index (χ2n) is 6.30. The third-order valence-electron chi connectivity index (χ3n) is 4.05. The van der Waals surface area contributed by atoms with Gasteiger partial charge in [0.15, 0.2) is 0 Å². The molecule has 3 rings (SSSR count). The number of halogens is 5. The van der Waals surface area contributed by atoms with E-state index >= 15 is 0 Å². The van der Waals surface area contributed by atoms with E-state index in [1.54, 1.807) is 12.1 Å². The molecule has 0 aliphatic rings. The Morgan fingerprint density at radius 1 is 1.00 bits per heavy atom. The Morgan fingerprint density at radius 2 is 1.78 bits per heavy atom. The molecule has 2 aromatic carbocycles. The molecule has 0 spiro atoms. The molecule has 164 valence electrons. The number of hydrogen-bond acceptors (Lipinski definition) is 4. The number of alkyl halides is 3. The van der Waals surface area contributed by atoms with E-state index in [1.165, 1.54) is 36.5 Å². The Kier molecular flexibility index (Phi) is 7.12. The molecule has 0 radical (unpaired) electrons. The van der Waals surface area contributed by atoms with Crippen LogP contribution in [-0.4, -0.2) is 23.0 Å². The van der Waals surface area contributed by atoms with Gasteiger partial charge in [-0.3, -0.25) is 14.6 Å². The predicted octanol–water partition coefficient (Wildman–Crippen LogP) is 5.42. The Bertz CT molecular complexity index is 1190. The molecule has 6 nitrogen and oxygen atoms in total. The van der Waals surface area contributed by atoms with Crippen molar-refractivity contribution in [2.24, 2.45) is 5.10 Å². The van der Waals surface area contributed by atoms with Crippen LogP contribution in [0.3, 0.4) is 0 Å². The summed E-state index contributed by atoms with van der Waals surface area (Å²) in [6, 6.07) is 12.2. The first kappa shape index (κ1) is 23.2. The average Bonchev–Trinajstić information content (AvgIpc) is 2.75. The molecule has 32 heavy (non-hydrogen) atoms. The van der Waals surface area contributed by atoms with Gasteiger partial charge in [0.2, 0.25) is 0 Å². The van der Waals surface area contributed by atoms with Crippen LogP contribution >= 0.6 is 23.2 Å². The second kappa shape index (κ2) is 9.80. The molecule has 2 amide bonds. The number of pyridine rings is 1. The molecule has 0 aliphatic heterocycles. The van der Waals surface area contributed by atoms with Gasteiger partial charge in [-0.05, 0) is 48.0 Å². The van der Waals surface area contributed by atoms with E-state index in [9.17, 15) is 22.8 Å². The largest absolute Gasteiger partial charge is 0.417 e. The number of rotatable bonds is 5. The number of carbonyl (C=O) groups excluding carboxylic acids is 2. The standard InChI is InChI=1S/C21H13Cl2F3N4O2/c22-13-5-7-17(29-20(32)18-3-1-2-8-27-18)14(10-13)19(31)30-28-11-12-4-6-16(23)15(9-12)21(24,25)26/h1-11H,(H,29,32)(H,30,31). The van der Waals surface area contributed by atoms with Crippen LogP contribution in [0.25, 0.3) is 0 Å². The van der Waals surface area contributed by atoms with Crippen LogP contribution in [0.5, 0.6) is 0 Å². The van der Waals surface area contributed by atoms with Gasteiger partial charge in [0.05, 0.1) is 28.1 Å². The molecule has 1 aromatic heterocycles. The number of anilines is 1. The molecule has 0 saturated carbocycles. The van der Waals surface area contributed by atoms with Gasteiger partial charge in [-0.15, -0.1) is 0 Å². The zero-order chi connectivity index (χ0) is 23.3. The van der Waals surface area contributed by atoms with E-state index in [4.69, 9.17) is 23.2 Å². The van der Waals surface area contributed by atoms with Gasteiger partial charge in [0, 0.05) is 11.2 Å². The molecule has 2 N–H and O–H groups in total. The van der Waals surface area contributed by atoms with Crippen molar-refractivity contribution in [3.63, 3.8) is 0 Å². The van der Waals surface area contributed by atoms with Crippen LogP contribution in [0.15, 0.2) is 65.9 Å². The summed E-state index contributed by atoms with van der Waals surface area (Å²) in [5.74, 6) is -1.30. The minimum absolute atomic E-state index is 0.00832. The summed E-state index contributed by atoms with van der Waals surface area (Å²) in [4.78, 5) is 28.8. The van der Waals surface area contributed by atoms with E-state index in [1.807, 2.05) is 0 Å². The highest BCUT2D eigenvalue weighted by molar-refractivity contribution is 6.31. The van der Waals surface area contributed by atoms with Crippen molar-refractivity contribution in [2.75, 3.05) is 5.32 Å². The van der Waals surface area contributed by atoms with Crippen molar-refractivity contribution in [3.8, 4) is 0 Å². The zero-order valence-corrected chi connectivity index (χ0v) is 17.5. The maximum atomic E-state index is 13.0. The SMILES string of the molecule is O=C(Nc1ccc(Cl)cc1C(=O)NN=Cc1ccc(Cl)c(C(F)(F)F)c1)c1ccccn1. The summed E-state index contributed by atoms with van der Waals surface area (Å²) >= 11 is 11.5. The number of hydrazone groups is 1. The van der Waals surface area contributed by atoms with Crippen molar-refractivity contribution in [2.45, 2.75) is 6.18 Å². The van der Waals surface area contributed by atoms with E-state index in [-0.39, 0.29) is 27.5 Å². The second-order valence-corrected chi connectivity index (χ2v) is 7.14. The van der Waals surface area contributed by atoms with Crippen molar-refractivity contribution in [3.05, 3.63) is 93.2 Å². The van der Waals surface area contributed by atoms with E-state index in [2.05, 4.69) is 20.8 Å². The number of carbonyl (C=O) groups is 2. The van der Waals surface area contributed by atoms with Crippen molar-refractivity contribution in [1.82, 2.24) is 10.4 Å². The van der Waals surface area contributed by atoms with Gasteiger partial charge in [0.25, 0.3) is 11.8 Å². The first-order chi connectivity index (χ1) is 15.1. The molecule has 0 aliphatic carbocycles. The Labute approximate surface area is 190 Å². The lowest BCUT2D eigenvalue weighted by Gasteiger charge is -2.11. The lowest BCUT2D eigenvalue weighted by Crippen LogP contribution is -2.21. The topological polar surface area (TPSA) is 83.5 Å². The fourth-order valence-corrected chi connectivity index (χ4v) is 2.96. The number of benzene rings is 2. The minimum atomic E-state index is -4.63. The highest BCUT2D eigenvalue weighted by atomic mass is 35.5. The number of nitrogens with zero attached hydrogens (tertiary/aromatic N) is 2. The van der Waals surface area contributed by atoms with Gasteiger partial charge in [-0.25, -0.2) is 5.43 Å². The zero-order valence-electron chi connectivity index (χ0n) is 16.0. The third-order valence-corrected chi connectivity index (χ3v) is 4.61. The van der Waals surface area contributed by atoms with Crippen LogP contribution in [0.4, 0.5) is 18.9 Å². The van der Waals surface area contributed by atoms with E-state index < -0.39 is 28.6 Å². The minimum Gasteiger partial charge on any atom is -0.320 e. The highest BCUT2D eigenvalue weighted by Crippen LogP contribution is 2.34. The summed E-state index contributed by atoms with van der Waals surface area (Å²) in [5.41, 5.74) is 1.50. The average molecular weight is 481 g/mol. The molecule has 0 atom stereocenters. The van der Waals surface area contributed by atoms with Crippen molar-refractivity contribution < 1.29 is 22.8 Å². The smallest absolute Gasteiger partial charge is 0.320 e. The third kappa shape index (κ3) is 5.83. The highest BCUT2D eigenvalue weighted by Gasteiger charge is 2.33. The quantitative estimate of drug-likeness (QED) is 0.377. The molecule has 11 heteroatoms. The molecular weight excluding hydrogens is 468 g/mol. The first-order valence-corrected chi connectivity index (χ1v) is 9.63. The van der Waals surface area contributed by atoms with Crippen molar-refractivity contribution in [1.29, 1.82) is 0 Å². The van der Waals surface area contributed by atoms with Gasteiger partial charge in [-0.1, -0.05) is 35.3 Å². The van der Waals surface area contributed by atoms with Crippen molar-refractivity contribution >= 4 is 46.9 Å². The van der Waals surface area contributed by atoms with Crippen LogP contribution in [0.1, 0.15) is 32.0 Å². The predicted molar refractivity (Wildman–Crippen MR) is 115 cm³/mol. The fraction of sp³-hybridized carbons (Fsp3) is 0.0476. The molecule has 0 bridgehead atoms. The van der Waals surface area contributed by atoms with Crippen LogP contribution in [-0.2, 0) is 6.18 Å². The molecular formula is C21H13Cl2F3N4O2. The summed E-state index contributed by atoms with van der Waals surface area (Å²) < 4.78 is 38.9. The molecule has 0 saturated heterocycles. The van der Waals surface area contributed by atoms with E-state index in [0.717, 1.165) is 18.3 Å². The van der Waals surface area contributed by atoms with E-state index in [0.29, 0.717) is 0 Å². The van der Waals surface area contributed by atoms with Gasteiger partial charge >= 0.3 is 6.18 Å². The lowest BCUT2D eigenvalue weighted by molar-refractivity contribution is -0.137. The molecule has 3 aromatic rings. The van der Waals surface area contributed by atoms with Crippen LogP contribution < -0.4 is 10.7 Å². The number of hydrogen-bond donors (Lipinski definition) is 2. The Morgan fingerprint density at radius 3 is 2.47 bits per heavy atom. The van der Waals surface area contributed by atoms with Gasteiger partial charge in [-0.2, -0.15) is 18.3 Å². The number of amides is 2. The maximum Gasteiger partial charge on any atom is 0.417 e. The van der Waals surface area contributed by atoms with Gasteiger partial charge < -0.3 is 5.32 Å². The lowest BCUT2D eigenvalue weighted by atomic mass is 10.1. The molecule has 0 unspecified atom stereocenters. The number of aromatic nitrogens is 1.